The molecule has 1 aromatic carbocycles. The molecule has 1 atom stereocenters. The second-order valence-corrected chi connectivity index (χ2v) is 8.20. The second kappa shape index (κ2) is 8.47. The van der Waals surface area contributed by atoms with Crippen LogP contribution >= 0.6 is 0 Å². The number of nitrogens with one attached hydrogen (secondary N) is 1. The Labute approximate surface area is 165 Å². The van der Waals surface area contributed by atoms with E-state index in [1.807, 2.05) is 18.7 Å². The quantitative estimate of drug-likeness (QED) is 0.696. The van der Waals surface area contributed by atoms with Crippen molar-refractivity contribution in [3.05, 3.63) is 29.6 Å². The van der Waals surface area contributed by atoms with Crippen molar-refractivity contribution < 1.29 is 23.8 Å². The average Bonchev–Trinajstić information content (AvgIpc) is 2.66. The van der Waals surface area contributed by atoms with Crippen molar-refractivity contribution >= 4 is 12.3 Å². The summed E-state index contributed by atoms with van der Waals surface area (Å²) >= 11 is 0. The largest absolute Gasteiger partial charge is 0.490 e. The van der Waals surface area contributed by atoms with Gasteiger partial charge in [0.05, 0.1) is 18.2 Å². The molecule has 0 aromatic heterocycles. The number of amides is 2. The lowest BCUT2D eigenvalue weighted by molar-refractivity contribution is -0.145. The van der Waals surface area contributed by atoms with Gasteiger partial charge in [-0.15, -0.1) is 0 Å². The molecule has 2 aliphatic rings. The molecule has 0 radical (unpaired) electrons. The molecule has 1 saturated carbocycles. The molecule has 1 saturated heterocycles. The summed E-state index contributed by atoms with van der Waals surface area (Å²) in [6.07, 6.45) is 3.28. The van der Waals surface area contributed by atoms with Gasteiger partial charge in [0, 0.05) is 19.0 Å². The maximum Gasteiger partial charge on any atom is 0.225 e. The highest BCUT2D eigenvalue weighted by molar-refractivity contribution is 5.80. The predicted molar refractivity (Wildman–Crippen MR) is 102 cm³/mol. The zero-order valence-corrected chi connectivity index (χ0v) is 16.5. The van der Waals surface area contributed by atoms with Crippen LogP contribution in [0.25, 0.3) is 0 Å². The lowest BCUT2D eigenvalue weighted by Crippen LogP contribution is -2.61. The number of benzene rings is 1. The van der Waals surface area contributed by atoms with Gasteiger partial charge in [0.1, 0.15) is 11.6 Å². The minimum Gasteiger partial charge on any atom is -0.490 e. The molecule has 1 aliphatic heterocycles. The first-order valence-electron chi connectivity index (χ1n) is 9.91. The third-order valence-electron chi connectivity index (χ3n) is 6.26. The molecule has 0 bridgehead atoms. The molecule has 2 amide bonds. The van der Waals surface area contributed by atoms with Gasteiger partial charge in [-0.3, -0.25) is 9.59 Å². The number of piperidine rings is 1. The average molecular weight is 392 g/mol. The van der Waals surface area contributed by atoms with E-state index in [0.29, 0.717) is 44.0 Å². The Morgan fingerprint density at radius 1 is 1.43 bits per heavy atom. The van der Waals surface area contributed by atoms with Crippen LogP contribution in [0.5, 0.6) is 5.75 Å². The number of ether oxygens (including phenoxy) is 1. The van der Waals surface area contributed by atoms with Crippen LogP contribution in [-0.4, -0.2) is 53.7 Å². The Kier molecular flexibility index (Phi) is 6.23. The Hall–Kier alpha value is -2.15. The van der Waals surface area contributed by atoms with Crippen LogP contribution in [0.1, 0.15) is 38.2 Å². The molecular weight excluding hydrogens is 363 g/mol. The van der Waals surface area contributed by atoms with Crippen molar-refractivity contribution in [1.82, 2.24) is 10.2 Å². The van der Waals surface area contributed by atoms with Gasteiger partial charge in [-0.25, -0.2) is 4.39 Å². The Bertz CT molecular complexity index is 712. The minimum absolute atomic E-state index is 0.0102. The lowest BCUT2D eigenvalue weighted by Gasteiger charge is -2.47. The number of carbonyl (C=O) groups excluding carboxylic acids is 2. The van der Waals surface area contributed by atoms with Crippen LogP contribution in [0.3, 0.4) is 0 Å². The number of carbonyl (C=O) groups is 2. The van der Waals surface area contributed by atoms with Gasteiger partial charge in [0.2, 0.25) is 12.3 Å². The molecule has 6 nitrogen and oxygen atoms in total. The molecule has 1 heterocycles. The SMILES string of the molecule is Cc1cc(F)ccc1OC(C)C1CCN(C(=O)[C@H]2C[C@@](CO)(NC=O)C2)CC1. The molecule has 7 heteroatoms. The Morgan fingerprint density at radius 3 is 2.68 bits per heavy atom. The molecular formula is C21H29FN2O4. The molecule has 3 rings (SSSR count). The van der Waals surface area contributed by atoms with Crippen molar-refractivity contribution in [2.75, 3.05) is 19.7 Å². The van der Waals surface area contributed by atoms with Crippen molar-refractivity contribution in [2.24, 2.45) is 11.8 Å². The number of likely N-dealkylation sites (tertiary alicyclic amines) is 1. The van der Waals surface area contributed by atoms with Crippen LogP contribution in [-0.2, 0) is 9.59 Å². The summed E-state index contributed by atoms with van der Waals surface area (Å²) in [4.78, 5) is 25.3. The fraction of sp³-hybridized carbons (Fsp3) is 0.619. The Balaban J connectivity index is 1.47. The zero-order valence-electron chi connectivity index (χ0n) is 16.5. The van der Waals surface area contributed by atoms with Crippen molar-refractivity contribution in [3.8, 4) is 5.75 Å². The van der Waals surface area contributed by atoms with E-state index in [1.54, 1.807) is 6.07 Å². The smallest absolute Gasteiger partial charge is 0.225 e. The van der Waals surface area contributed by atoms with E-state index in [0.717, 1.165) is 18.4 Å². The number of aliphatic hydroxyl groups is 1. The zero-order chi connectivity index (χ0) is 20.3. The van der Waals surface area contributed by atoms with E-state index in [1.165, 1.54) is 12.1 Å². The summed E-state index contributed by atoms with van der Waals surface area (Å²) in [5.74, 6) is 0.742. The van der Waals surface area contributed by atoms with E-state index in [9.17, 15) is 19.1 Å². The van der Waals surface area contributed by atoms with E-state index >= 15 is 0 Å². The van der Waals surface area contributed by atoms with E-state index in [2.05, 4.69) is 5.32 Å². The topological polar surface area (TPSA) is 78.9 Å². The summed E-state index contributed by atoms with van der Waals surface area (Å²) in [5, 5.41) is 12.1. The molecule has 2 N–H and O–H groups in total. The molecule has 1 aromatic rings. The summed E-state index contributed by atoms with van der Waals surface area (Å²) in [7, 11) is 0. The van der Waals surface area contributed by atoms with E-state index in [4.69, 9.17) is 4.74 Å². The van der Waals surface area contributed by atoms with Gasteiger partial charge >= 0.3 is 0 Å². The van der Waals surface area contributed by atoms with Gasteiger partial charge in [0.25, 0.3) is 0 Å². The van der Waals surface area contributed by atoms with Gasteiger partial charge < -0.3 is 20.1 Å². The molecule has 1 unspecified atom stereocenters. The molecule has 2 fully saturated rings. The number of aryl methyl sites for hydroxylation is 1. The van der Waals surface area contributed by atoms with Gasteiger partial charge in [-0.1, -0.05) is 0 Å². The first-order valence-corrected chi connectivity index (χ1v) is 9.91. The maximum atomic E-state index is 13.2. The number of hydrogen-bond donors (Lipinski definition) is 2. The number of hydrogen-bond acceptors (Lipinski definition) is 4. The lowest BCUT2D eigenvalue weighted by atomic mass is 9.68. The first-order chi connectivity index (χ1) is 13.4. The first kappa shape index (κ1) is 20.6. The fourth-order valence-electron chi connectivity index (χ4n) is 4.36. The maximum absolute atomic E-state index is 13.2. The van der Waals surface area contributed by atoms with Crippen LogP contribution in [0.2, 0.25) is 0 Å². The Morgan fingerprint density at radius 2 is 2.11 bits per heavy atom. The van der Waals surface area contributed by atoms with Crippen LogP contribution in [0, 0.1) is 24.6 Å². The standard InChI is InChI=1S/C21H29FN2O4/c1-14-9-18(22)3-4-19(14)28-15(2)16-5-7-24(8-6-16)20(27)17-10-21(11-17,12-25)23-13-26/h3-4,9,13,15-17,25H,5-8,10-12H2,1-2H3,(H,23,26)/t15?,17-,21+. The fourth-order valence-corrected chi connectivity index (χ4v) is 4.36. The monoisotopic (exact) mass is 392 g/mol. The van der Waals surface area contributed by atoms with E-state index in [-0.39, 0.29) is 30.4 Å². The third kappa shape index (κ3) is 4.29. The third-order valence-corrected chi connectivity index (χ3v) is 6.26. The molecule has 154 valence electrons. The summed E-state index contributed by atoms with van der Waals surface area (Å²) in [5.41, 5.74) is 0.149. The second-order valence-electron chi connectivity index (χ2n) is 8.20. The number of aliphatic hydroxyl groups excluding tert-OH is 1. The summed E-state index contributed by atoms with van der Waals surface area (Å²) in [6.45, 7) is 5.08. The van der Waals surface area contributed by atoms with Gasteiger partial charge in [-0.2, -0.15) is 0 Å². The van der Waals surface area contributed by atoms with Gasteiger partial charge in [0.15, 0.2) is 0 Å². The normalized spacial score (nSPS) is 26.3. The van der Waals surface area contributed by atoms with Crippen LogP contribution in [0.4, 0.5) is 4.39 Å². The van der Waals surface area contributed by atoms with Crippen LogP contribution in [0.15, 0.2) is 18.2 Å². The van der Waals surface area contributed by atoms with Crippen molar-refractivity contribution in [1.29, 1.82) is 0 Å². The van der Waals surface area contributed by atoms with Crippen LogP contribution < -0.4 is 10.1 Å². The summed E-state index contributed by atoms with van der Waals surface area (Å²) in [6, 6.07) is 4.53. The number of rotatable bonds is 7. The van der Waals surface area contributed by atoms with Crippen molar-refractivity contribution in [3.63, 3.8) is 0 Å². The molecule has 28 heavy (non-hydrogen) atoms. The number of halogens is 1. The minimum atomic E-state index is -0.629. The molecule has 1 aliphatic carbocycles. The number of nitrogens with zero attached hydrogens (tertiary/aromatic N) is 1. The van der Waals surface area contributed by atoms with E-state index < -0.39 is 5.54 Å². The highest BCUT2D eigenvalue weighted by Gasteiger charge is 2.48. The highest BCUT2D eigenvalue weighted by atomic mass is 19.1. The van der Waals surface area contributed by atoms with Crippen molar-refractivity contribution in [2.45, 2.75) is 51.2 Å². The molecule has 0 spiro atoms. The van der Waals surface area contributed by atoms with Gasteiger partial charge in [-0.05, 0) is 69.2 Å². The summed E-state index contributed by atoms with van der Waals surface area (Å²) < 4.78 is 19.3. The highest BCUT2D eigenvalue weighted by Crippen LogP contribution is 2.39. The predicted octanol–water partition coefficient (Wildman–Crippen LogP) is 2.03.